The van der Waals surface area contributed by atoms with E-state index in [2.05, 4.69) is 15.5 Å². The fourth-order valence-electron chi connectivity index (χ4n) is 2.77. The zero-order chi connectivity index (χ0) is 12.7. The first-order valence-electron chi connectivity index (χ1n) is 6.06. The molecule has 2 unspecified atom stereocenters. The van der Waals surface area contributed by atoms with E-state index in [4.69, 9.17) is 0 Å². The van der Waals surface area contributed by atoms with E-state index >= 15 is 0 Å². The molecule has 6 nitrogen and oxygen atoms in total. The third kappa shape index (κ3) is 1.69. The van der Waals surface area contributed by atoms with E-state index in [1.807, 2.05) is 0 Å². The van der Waals surface area contributed by atoms with E-state index in [1.54, 1.807) is 7.05 Å². The van der Waals surface area contributed by atoms with Gasteiger partial charge in [-0.15, -0.1) is 10.2 Å². The van der Waals surface area contributed by atoms with E-state index < -0.39 is 0 Å². The first-order chi connectivity index (χ1) is 8.70. The summed E-state index contributed by atoms with van der Waals surface area (Å²) in [6.45, 7) is 0.268. The molecule has 1 saturated carbocycles. The lowest BCUT2D eigenvalue weighted by atomic mass is 10.00. The fourth-order valence-corrected chi connectivity index (χ4v) is 3.45. The number of anilines is 1. The molecule has 2 atom stereocenters. The van der Waals surface area contributed by atoms with E-state index in [9.17, 15) is 9.59 Å². The number of hydrogen-bond donors (Lipinski definition) is 1. The van der Waals surface area contributed by atoms with Gasteiger partial charge in [-0.1, -0.05) is 17.8 Å². The van der Waals surface area contributed by atoms with E-state index in [0.717, 1.165) is 19.3 Å². The molecule has 0 spiro atoms. The highest BCUT2D eigenvalue weighted by molar-refractivity contribution is 7.15. The molecule has 1 aromatic rings. The number of nitrogens with zero attached hydrogens (tertiary/aromatic N) is 3. The molecule has 1 N–H and O–H groups in total. The number of amides is 2. The molecule has 2 fully saturated rings. The third-order valence-electron chi connectivity index (χ3n) is 3.66. The molecule has 2 aliphatic rings. The van der Waals surface area contributed by atoms with Crippen molar-refractivity contribution in [2.45, 2.75) is 25.8 Å². The molecule has 1 aromatic heterocycles. The van der Waals surface area contributed by atoms with Crippen LogP contribution in [0, 0.1) is 11.8 Å². The van der Waals surface area contributed by atoms with Crippen LogP contribution in [-0.2, 0) is 16.1 Å². The largest absolute Gasteiger partial charge is 0.363 e. The van der Waals surface area contributed by atoms with Gasteiger partial charge in [0, 0.05) is 7.05 Å². The Morgan fingerprint density at radius 3 is 2.50 bits per heavy atom. The monoisotopic (exact) mass is 266 g/mol. The Labute approximate surface area is 108 Å². The van der Waals surface area contributed by atoms with E-state index in [0.29, 0.717) is 10.1 Å². The van der Waals surface area contributed by atoms with Gasteiger partial charge in [0.1, 0.15) is 5.01 Å². The maximum absolute atomic E-state index is 12.1. The zero-order valence-electron chi connectivity index (χ0n) is 10.0. The molecule has 2 heterocycles. The second-order valence-corrected chi connectivity index (χ2v) is 5.72. The summed E-state index contributed by atoms with van der Waals surface area (Å²) in [5, 5.41) is 12.2. The Morgan fingerprint density at radius 1 is 1.28 bits per heavy atom. The lowest BCUT2D eigenvalue weighted by Crippen LogP contribution is -2.31. The van der Waals surface area contributed by atoms with Gasteiger partial charge in [0.25, 0.3) is 0 Å². The van der Waals surface area contributed by atoms with Crippen LogP contribution in [-0.4, -0.2) is 34.0 Å². The average Bonchev–Trinajstić information content (AvgIpc) is 3.06. The van der Waals surface area contributed by atoms with Gasteiger partial charge < -0.3 is 5.32 Å². The normalized spacial score (nSPS) is 26.8. The molecule has 1 aliphatic carbocycles. The number of likely N-dealkylation sites (tertiary alicyclic amines) is 1. The van der Waals surface area contributed by atoms with Gasteiger partial charge in [-0.25, -0.2) is 0 Å². The van der Waals surface area contributed by atoms with Crippen molar-refractivity contribution in [2.75, 3.05) is 12.4 Å². The summed E-state index contributed by atoms with van der Waals surface area (Å²) in [6.07, 6.45) is 2.69. The Kier molecular flexibility index (Phi) is 2.77. The van der Waals surface area contributed by atoms with Gasteiger partial charge in [0.2, 0.25) is 16.9 Å². The van der Waals surface area contributed by atoms with Crippen LogP contribution in [0.3, 0.4) is 0 Å². The van der Waals surface area contributed by atoms with Crippen molar-refractivity contribution < 1.29 is 9.59 Å². The lowest BCUT2D eigenvalue weighted by molar-refractivity contribution is -0.141. The van der Waals surface area contributed by atoms with Crippen LogP contribution < -0.4 is 5.32 Å². The number of hydrogen-bond acceptors (Lipinski definition) is 6. The Bertz CT molecular complexity index is 479. The molecule has 18 heavy (non-hydrogen) atoms. The van der Waals surface area contributed by atoms with Crippen LogP contribution in [0.5, 0.6) is 0 Å². The summed E-state index contributed by atoms with van der Waals surface area (Å²) in [4.78, 5) is 25.6. The Hall–Kier alpha value is -1.50. The minimum absolute atomic E-state index is 0.0243. The van der Waals surface area contributed by atoms with Gasteiger partial charge >= 0.3 is 0 Å². The molecular weight excluding hydrogens is 252 g/mol. The quantitative estimate of drug-likeness (QED) is 0.821. The maximum Gasteiger partial charge on any atom is 0.233 e. The first-order valence-corrected chi connectivity index (χ1v) is 6.87. The molecule has 2 amide bonds. The second-order valence-electron chi connectivity index (χ2n) is 4.66. The van der Waals surface area contributed by atoms with Crippen molar-refractivity contribution >= 4 is 28.3 Å². The maximum atomic E-state index is 12.1. The molecule has 1 saturated heterocycles. The average molecular weight is 266 g/mol. The number of aromatic nitrogens is 2. The standard InChI is InChI=1S/C11H14N4O2S/c1-12-11-14-13-8(18-11)5-15-9(16)6-3-2-4-7(6)10(15)17/h6-7H,2-5H2,1H3,(H,12,14). The molecule has 0 bridgehead atoms. The smallest absolute Gasteiger partial charge is 0.233 e. The highest BCUT2D eigenvalue weighted by atomic mass is 32.1. The van der Waals surface area contributed by atoms with Crippen molar-refractivity contribution in [2.24, 2.45) is 11.8 Å². The fraction of sp³-hybridized carbons (Fsp3) is 0.636. The van der Waals surface area contributed by atoms with Gasteiger partial charge in [-0.2, -0.15) is 0 Å². The second kappa shape index (κ2) is 4.31. The highest BCUT2D eigenvalue weighted by Crippen LogP contribution is 2.40. The Morgan fingerprint density at radius 2 is 1.94 bits per heavy atom. The van der Waals surface area contributed by atoms with Crippen molar-refractivity contribution in [3.8, 4) is 0 Å². The van der Waals surface area contributed by atoms with Crippen molar-refractivity contribution in [1.29, 1.82) is 0 Å². The number of fused-ring (bicyclic) bond motifs is 1. The number of rotatable bonds is 3. The highest BCUT2D eigenvalue weighted by Gasteiger charge is 2.49. The molecule has 0 radical (unpaired) electrons. The summed E-state index contributed by atoms with van der Waals surface area (Å²) in [5.74, 6) is -0.198. The van der Waals surface area contributed by atoms with Gasteiger partial charge in [-0.05, 0) is 12.8 Å². The summed E-state index contributed by atoms with van der Waals surface area (Å²) < 4.78 is 0. The third-order valence-corrected chi connectivity index (χ3v) is 4.58. The molecule has 3 rings (SSSR count). The lowest BCUT2D eigenvalue weighted by Gasteiger charge is -2.13. The van der Waals surface area contributed by atoms with Crippen molar-refractivity contribution in [3.63, 3.8) is 0 Å². The zero-order valence-corrected chi connectivity index (χ0v) is 10.9. The van der Waals surface area contributed by atoms with Crippen LogP contribution in [0.25, 0.3) is 0 Å². The van der Waals surface area contributed by atoms with Crippen LogP contribution in [0.15, 0.2) is 0 Å². The molecule has 96 valence electrons. The van der Waals surface area contributed by atoms with Crippen LogP contribution >= 0.6 is 11.3 Å². The molecular formula is C11H14N4O2S. The van der Waals surface area contributed by atoms with Gasteiger partial charge in [-0.3, -0.25) is 14.5 Å². The first kappa shape index (κ1) is 11.6. The number of carbonyl (C=O) groups is 2. The topological polar surface area (TPSA) is 75.2 Å². The van der Waals surface area contributed by atoms with Crippen LogP contribution in [0.2, 0.25) is 0 Å². The minimum Gasteiger partial charge on any atom is -0.363 e. The van der Waals surface area contributed by atoms with Crippen molar-refractivity contribution in [1.82, 2.24) is 15.1 Å². The SMILES string of the molecule is CNc1nnc(CN2C(=O)C3CCCC3C2=O)s1. The summed E-state index contributed by atoms with van der Waals surface area (Å²) >= 11 is 1.37. The number of carbonyl (C=O) groups excluding carboxylic acids is 2. The number of imide groups is 1. The van der Waals surface area contributed by atoms with Crippen molar-refractivity contribution in [3.05, 3.63) is 5.01 Å². The summed E-state index contributed by atoms with van der Waals surface area (Å²) in [5.41, 5.74) is 0. The molecule has 0 aromatic carbocycles. The van der Waals surface area contributed by atoms with E-state index in [1.165, 1.54) is 16.2 Å². The molecule has 7 heteroatoms. The van der Waals surface area contributed by atoms with Gasteiger partial charge in [0.15, 0.2) is 0 Å². The van der Waals surface area contributed by atoms with Gasteiger partial charge in [0.05, 0.1) is 18.4 Å². The van der Waals surface area contributed by atoms with E-state index in [-0.39, 0.29) is 30.2 Å². The minimum atomic E-state index is -0.0748. The predicted molar refractivity (Wildman–Crippen MR) is 65.8 cm³/mol. The summed E-state index contributed by atoms with van der Waals surface area (Å²) in [7, 11) is 1.76. The Balaban J connectivity index is 1.77. The summed E-state index contributed by atoms with van der Waals surface area (Å²) in [6, 6.07) is 0. The van der Waals surface area contributed by atoms with Crippen LogP contribution in [0.1, 0.15) is 24.3 Å². The predicted octanol–water partition coefficient (Wildman–Crippen LogP) is 0.865. The van der Waals surface area contributed by atoms with Crippen LogP contribution in [0.4, 0.5) is 5.13 Å². The number of nitrogens with one attached hydrogen (secondary N) is 1. The molecule has 1 aliphatic heterocycles.